The fourth-order valence-electron chi connectivity index (χ4n) is 4.57. The zero-order chi connectivity index (χ0) is 25.9. The summed E-state index contributed by atoms with van der Waals surface area (Å²) in [7, 11) is -1.15. The van der Waals surface area contributed by atoms with Crippen LogP contribution in [-0.4, -0.2) is 80.2 Å². The van der Waals surface area contributed by atoms with E-state index in [2.05, 4.69) is 47.4 Å². The number of pyridine rings is 1. The monoisotopic (exact) mass is 514 g/mol. The molecule has 1 amide bonds. The van der Waals surface area contributed by atoms with Crippen LogP contribution in [0.2, 0.25) is 25.7 Å². The molecule has 0 atom stereocenters. The maximum Gasteiger partial charge on any atom is 0.410 e. The number of rotatable bonds is 7. The number of amides is 1. The van der Waals surface area contributed by atoms with E-state index in [4.69, 9.17) is 19.2 Å². The Hall–Kier alpha value is -2.36. The van der Waals surface area contributed by atoms with E-state index in [1.54, 1.807) is 4.90 Å². The zero-order valence-corrected chi connectivity index (χ0v) is 23.8. The molecule has 8 nitrogen and oxygen atoms in total. The highest BCUT2D eigenvalue weighted by Crippen LogP contribution is 2.36. The number of piperazine rings is 1. The van der Waals surface area contributed by atoms with Crippen LogP contribution in [-0.2, 0) is 20.9 Å². The summed E-state index contributed by atoms with van der Waals surface area (Å²) in [6.07, 6.45) is 6.92. The van der Waals surface area contributed by atoms with E-state index in [1.807, 2.05) is 27.0 Å². The summed E-state index contributed by atoms with van der Waals surface area (Å²) in [6, 6.07) is 3.24. The van der Waals surface area contributed by atoms with Gasteiger partial charge in [-0.3, -0.25) is 0 Å². The van der Waals surface area contributed by atoms with Crippen LogP contribution >= 0.6 is 0 Å². The molecule has 2 aliphatic heterocycles. The molecule has 0 aliphatic carbocycles. The first-order valence-corrected chi connectivity index (χ1v) is 16.8. The minimum Gasteiger partial charge on any atom is -0.444 e. The third-order valence-corrected chi connectivity index (χ3v) is 8.25. The third-order valence-electron chi connectivity index (χ3n) is 6.54. The summed E-state index contributed by atoms with van der Waals surface area (Å²) in [6.45, 7) is 18.2. The van der Waals surface area contributed by atoms with Gasteiger partial charge in [0.25, 0.3) is 0 Å². The molecule has 1 fully saturated rings. The molecule has 2 aliphatic rings. The summed E-state index contributed by atoms with van der Waals surface area (Å²) >= 11 is 0. The largest absolute Gasteiger partial charge is 0.444 e. The van der Waals surface area contributed by atoms with Gasteiger partial charge in [-0.15, -0.1) is 0 Å². The van der Waals surface area contributed by atoms with Crippen molar-refractivity contribution in [3.05, 3.63) is 30.1 Å². The number of ether oxygens (including phenoxy) is 3. The standard InChI is InChI=1S/C27H42N4O4Si/c1-27(2,3)35-26(32)30-13-11-29(12-14-30)23-7-10-28-25-24(23)22(21-8-15-33-16-9-21)19-31(25)20-34-17-18-36(4,5)6/h7-8,10,19H,9,11-18,20H2,1-6H3. The molecule has 0 radical (unpaired) electrons. The van der Waals surface area contributed by atoms with Crippen molar-refractivity contribution in [3.63, 3.8) is 0 Å². The number of aromatic nitrogens is 2. The van der Waals surface area contributed by atoms with Crippen molar-refractivity contribution in [3.8, 4) is 0 Å². The number of carbonyl (C=O) groups excluding carboxylic acids is 1. The van der Waals surface area contributed by atoms with Crippen LogP contribution in [0, 0.1) is 0 Å². The molecule has 2 aromatic heterocycles. The van der Waals surface area contributed by atoms with E-state index in [0.717, 1.165) is 55.5 Å². The van der Waals surface area contributed by atoms with E-state index in [1.165, 1.54) is 11.1 Å². The molecule has 36 heavy (non-hydrogen) atoms. The van der Waals surface area contributed by atoms with Gasteiger partial charge in [0.2, 0.25) is 0 Å². The second kappa shape index (κ2) is 10.9. The maximum atomic E-state index is 12.6. The van der Waals surface area contributed by atoms with Crippen molar-refractivity contribution in [2.24, 2.45) is 0 Å². The molecule has 1 saturated heterocycles. The fourth-order valence-corrected chi connectivity index (χ4v) is 5.33. The molecule has 0 bridgehead atoms. The quantitative estimate of drug-likeness (QED) is 0.373. The average Bonchev–Trinajstić information content (AvgIpc) is 3.20. The van der Waals surface area contributed by atoms with Crippen molar-refractivity contribution in [1.29, 1.82) is 0 Å². The van der Waals surface area contributed by atoms with E-state index >= 15 is 0 Å². The smallest absolute Gasteiger partial charge is 0.410 e. The summed E-state index contributed by atoms with van der Waals surface area (Å²) in [5.74, 6) is 0. The zero-order valence-electron chi connectivity index (χ0n) is 22.8. The predicted octanol–water partition coefficient (Wildman–Crippen LogP) is 5.21. The number of hydrogen-bond acceptors (Lipinski definition) is 6. The minimum absolute atomic E-state index is 0.239. The molecule has 0 N–H and O–H groups in total. The Kier molecular flexibility index (Phi) is 8.11. The van der Waals surface area contributed by atoms with Gasteiger partial charge in [-0.2, -0.15) is 0 Å². The van der Waals surface area contributed by atoms with Gasteiger partial charge < -0.3 is 28.6 Å². The molecule has 198 valence electrons. The number of carbonyl (C=O) groups is 1. The second-order valence-electron chi connectivity index (χ2n) is 11.9. The Labute approximate surface area is 216 Å². The first-order chi connectivity index (χ1) is 17.0. The first kappa shape index (κ1) is 26.7. The second-order valence-corrected chi connectivity index (χ2v) is 17.5. The topological polar surface area (TPSA) is 69.1 Å². The molecule has 0 spiro atoms. The van der Waals surface area contributed by atoms with Crippen LogP contribution in [0.15, 0.2) is 24.5 Å². The van der Waals surface area contributed by atoms with Crippen LogP contribution in [0.4, 0.5) is 10.5 Å². The Morgan fingerprint density at radius 3 is 2.56 bits per heavy atom. The fraction of sp³-hybridized carbons (Fsp3) is 0.630. The van der Waals surface area contributed by atoms with Gasteiger partial charge in [0.1, 0.15) is 18.0 Å². The molecule has 2 aromatic rings. The van der Waals surface area contributed by atoms with Crippen LogP contribution in [0.25, 0.3) is 16.6 Å². The Morgan fingerprint density at radius 2 is 1.92 bits per heavy atom. The number of fused-ring (bicyclic) bond motifs is 1. The summed E-state index contributed by atoms with van der Waals surface area (Å²) < 4.78 is 19.4. The summed E-state index contributed by atoms with van der Waals surface area (Å²) in [5, 5.41) is 1.16. The number of nitrogens with zero attached hydrogens (tertiary/aromatic N) is 4. The molecule has 4 rings (SSSR count). The Balaban J connectivity index is 1.58. The van der Waals surface area contributed by atoms with Crippen molar-refractivity contribution in [2.75, 3.05) is 50.9 Å². The summed E-state index contributed by atoms with van der Waals surface area (Å²) in [5.41, 5.74) is 4.12. The number of anilines is 1. The van der Waals surface area contributed by atoms with Gasteiger partial charge in [0.15, 0.2) is 0 Å². The SMILES string of the molecule is CC(C)(C)OC(=O)N1CCN(c2ccnc3c2c(C2=CCOCC2)cn3COCC[Si](C)(C)C)CC1. The van der Waals surface area contributed by atoms with Crippen LogP contribution in [0.5, 0.6) is 0 Å². The van der Waals surface area contributed by atoms with Gasteiger partial charge in [0.05, 0.1) is 18.9 Å². The summed E-state index contributed by atoms with van der Waals surface area (Å²) in [4.78, 5) is 21.5. The lowest BCUT2D eigenvalue weighted by Gasteiger charge is -2.37. The van der Waals surface area contributed by atoms with Gasteiger partial charge >= 0.3 is 6.09 Å². The lowest BCUT2D eigenvalue weighted by Crippen LogP contribution is -2.50. The molecule has 0 aromatic carbocycles. The lowest BCUT2D eigenvalue weighted by molar-refractivity contribution is 0.0240. The van der Waals surface area contributed by atoms with E-state index in [0.29, 0.717) is 26.4 Å². The third kappa shape index (κ3) is 6.69. The van der Waals surface area contributed by atoms with Crippen molar-refractivity contribution in [2.45, 2.75) is 65.2 Å². The highest BCUT2D eigenvalue weighted by atomic mass is 28.3. The molecular weight excluding hydrogens is 472 g/mol. The first-order valence-electron chi connectivity index (χ1n) is 13.1. The highest BCUT2D eigenvalue weighted by molar-refractivity contribution is 6.76. The minimum atomic E-state index is -1.15. The van der Waals surface area contributed by atoms with E-state index in [-0.39, 0.29) is 6.09 Å². The van der Waals surface area contributed by atoms with Crippen LogP contribution in [0.1, 0.15) is 32.8 Å². The maximum absolute atomic E-state index is 12.6. The Morgan fingerprint density at radius 1 is 1.17 bits per heavy atom. The highest BCUT2D eigenvalue weighted by Gasteiger charge is 2.28. The van der Waals surface area contributed by atoms with E-state index in [9.17, 15) is 4.79 Å². The van der Waals surface area contributed by atoms with Crippen LogP contribution < -0.4 is 4.90 Å². The molecule has 4 heterocycles. The number of hydrogen-bond donors (Lipinski definition) is 0. The molecular formula is C27H42N4O4Si. The van der Waals surface area contributed by atoms with Crippen LogP contribution in [0.3, 0.4) is 0 Å². The average molecular weight is 515 g/mol. The van der Waals surface area contributed by atoms with Crippen molar-refractivity contribution >= 4 is 36.5 Å². The lowest BCUT2D eigenvalue weighted by atomic mass is 10.0. The Bertz CT molecular complexity index is 1090. The van der Waals surface area contributed by atoms with Crippen molar-refractivity contribution < 1.29 is 19.0 Å². The molecule has 9 heteroatoms. The predicted molar refractivity (Wildman–Crippen MR) is 147 cm³/mol. The van der Waals surface area contributed by atoms with E-state index < -0.39 is 13.7 Å². The van der Waals surface area contributed by atoms with Gasteiger partial charge in [0, 0.05) is 64.2 Å². The molecule has 0 saturated carbocycles. The molecule has 0 unspecified atom stereocenters. The normalized spacial score (nSPS) is 17.4. The van der Waals surface area contributed by atoms with Gasteiger partial charge in [-0.25, -0.2) is 9.78 Å². The van der Waals surface area contributed by atoms with Gasteiger partial charge in [-0.1, -0.05) is 25.7 Å². The van der Waals surface area contributed by atoms with Crippen molar-refractivity contribution in [1.82, 2.24) is 14.5 Å². The van der Waals surface area contributed by atoms with Gasteiger partial charge in [-0.05, 0) is 44.9 Å².